The minimum absolute atomic E-state index is 0.0333. The van der Waals surface area contributed by atoms with Gasteiger partial charge in [-0.15, -0.1) is 0 Å². The van der Waals surface area contributed by atoms with E-state index in [2.05, 4.69) is 86.6 Å². The summed E-state index contributed by atoms with van der Waals surface area (Å²) >= 11 is 0. The van der Waals surface area contributed by atoms with Crippen molar-refractivity contribution in [2.45, 2.75) is 19.3 Å². The van der Waals surface area contributed by atoms with E-state index in [0.717, 1.165) is 0 Å². The van der Waals surface area contributed by atoms with Crippen molar-refractivity contribution in [3.05, 3.63) is 83.9 Å². The minimum Gasteiger partial charge on any atom is -0.0619 e. The maximum Gasteiger partial charge on any atom is 0.0159 e. The molecule has 0 nitrogen and oxygen atoms in total. The van der Waals surface area contributed by atoms with Gasteiger partial charge in [0.25, 0.3) is 0 Å². The average molecular weight is 294 g/mol. The van der Waals surface area contributed by atoms with Crippen molar-refractivity contribution in [3.8, 4) is 11.1 Å². The van der Waals surface area contributed by atoms with E-state index in [1.807, 2.05) is 0 Å². The van der Waals surface area contributed by atoms with Gasteiger partial charge in [0.05, 0.1) is 0 Å². The predicted molar refractivity (Wildman–Crippen MR) is 99.0 cm³/mol. The Labute approximate surface area is 136 Å². The van der Waals surface area contributed by atoms with Gasteiger partial charge in [-0.2, -0.15) is 0 Å². The van der Waals surface area contributed by atoms with E-state index in [1.165, 1.54) is 43.8 Å². The molecule has 0 heterocycles. The van der Waals surface area contributed by atoms with Crippen molar-refractivity contribution in [2.75, 3.05) is 0 Å². The lowest BCUT2D eigenvalue weighted by molar-refractivity contribution is 0.645. The van der Waals surface area contributed by atoms with Crippen LogP contribution in [0.1, 0.15) is 25.0 Å². The molecule has 5 rings (SSSR count). The van der Waals surface area contributed by atoms with E-state index in [0.29, 0.717) is 0 Å². The van der Waals surface area contributed by atoms with Gasteiger partial charge in [0.1, 0.15) is 0 Å². The lowest BCUT2D eigenvalue weighted by Crippen LogP contribution is -2.23. The van der Waals surface area contributed by atoms with Crippen LogP contribution in [0.4, 0.5) is 0 Å². The van der Waals surface area contributed by atoms with Gasteiger partial charge in [-0.05, 0) is 49.9 Å². The molecule has 0 heteroatoms. The van der Waals surface area contributed by atoms with Crippen LogP contribution in [0.25, 0.3) is 32.7 Å². The van der Waals surface area contributed by atoms with Gasteiger partial charge in [0, 0.05) is 5.41 Å². The number of hydrogen-bond acceptors (Lipinski definition) is 0. The Morgan fingerprint density at radius 3 is 2.26 bits per heavy atom. The van der Waals surface area contributed by atoms with Gasteiger partial charge < -0.3 is 0 Å². The molecule has 0 atom stereocenters. The number of benzene rings is 4. The molecule has 4 aromatic carbocycles. The fourth-order valence-electron chi connectivity index (χ4n) is 4.31. The first-order chi connectivity index (χ1) is 11.2. The summed E-state index contributed by atoms with van der Waals surface area (Å²) in [5.74, 6) is 0. The second kappa shape index (κ2) is 4.23. The van der Waals surface area contributed by atoms with Gasteiger partial charge >= 0.3 is 0 Å². The summed E-state index contributed by atoms with van der Waals surface area (Å²) in [6, 6.07) is 26.7. The largest absolute Gasteiger partial charge is 0.0619 e. The van der Waals surface area contributed by atoms with Crippen LogP contribution in [0.2, 0.25) is 0 Å². The number of fused-ring (bicyclic) bond motifs is 4. The van der Waals surface area contributed by atoms with Crippen LogP contribution in [-0.2, 0) is 5.41 Å². The van der Waals surface area contributed by atoms with Gasteiger partial charge in [-0.3, -0.25) is 0 Å². The quantitative estimate of drug-likeness (QED) is 0.334. The summed E-state index contributed by atoms with van der Waals surface area (Å²) in [5.41, 5.74) is 5.69. The van der Waals surface area contributed by atoms with Gasteiger partial charge in [0.15, 0.2) is 0 Å². The van der Waals surface area contributed by atoms with Crippen LogP contribution in [0, 0.1) is 0 Å². The molecule has 0 bridgehead atoms. The second-order valence-electron chi connectivity index (χ2n) is 7.05. The third kappa shape index (κ3) is 1.56. The fourth-order valence-corrected chi connectivity index (χ4v) is 4.31. The maximum atomic E-state index is 2.35. The Balaban J connectivity index is 2.14. The number of rotatable bonds is 0. The first-order valence-corrected chi connectivity index (χ1v) is 8.23. The normalized spacial score (nSPS) is 14.9. The van der Waals surface area contributed by atoms with E-state index in [1.54, 1.807) is 0 Å². The van der Waals surface area contributed by atoms with Crippen LogP contribution in [0.3, 0.4) is 0 Å². The van der Waals surface area contributed by atoms with Crippen LogP contribution in [0.15, 0.2) is 72.8 Å². The molecular weight excluding hydrogens is 276 g/mol. The Hall–Kier alpha value is -2.60. The Bertz CT molecular complexity index is 1080. The minimum atomic E-state index is 0.0333. The van der Waals surface area contributed by atoms with Gasteiger partial charge in [-0.25, -0.2) is 0 Å². The summed E-state index contributed by atoms with van der Waals surface area (Å²) in [6.45, 7) is 4.69. The molecule has 0 unspecified atom stereocenters. The summed E-state index contributed by atoms with van der Waals surface area (Å²) in [6.07, 6.45) is 0. The summed E-state index contributed by atoms with van der Waals surface area (Å²) in [5, 5.41) is 5.45. The third-order valence-corrected chi connectivity index (χ3v) is 5.43. The lowest BCUT2D eigenvalue weighted by Gasteiger charge is -2.35. The Kier molecular flexibility index (Phi) is 2.37. The third-order valence-electron chi connectivity index (χ3n) is 5.43. The highest BCUT2D eigenvalue weighted by molar-refractivity contribution is 6.16. The molecule has 23 heavy (non-hydrogen) atoms. The van der Waals surface area contributed by atoms with E-state index < -0.39 is 0 Å². The maximum absolute atomic E-state index is 2.35. The molecule has 0 aromatic heterocycles. The molecule has 4 aromatic rings. The van der Waals surface area contributed by atoms with E-state index >= 15 is 0 Å². The zero-order chi connectivity index (χ0) is 15.6. The molecule has 0 saturated carbocycles. The summed E-state index contributed by atoms with van der Waals surface area (Å²) < 4.78 is 0. The van der Waals surface area contributed by atoms with Crippen molar-refractivity contribution in [1.29, 1.82) is 0 Å². The Morgan fingerprint density at radius 2 is 1.35 bits per heavy atom. The zero-order valence-electron chi connectivity index (χ0n) is 13.4. The highest BCUT2D eigenvalue weighted by atomic mass is 14.4. The highest BCUT2D eigenvalue weighted by Crippen LogP contribution is 2.50. The highest BCUT2D eigenvalue weighted by Gasteiger charge is 2.33. The monoisotopic (exact) mass is 294 g/mol. The molecule has 0 fully saturated rings. The standard InChI is InChI=1S/C23H18/c1-23(2)19-12-6-5-11-18(19)22-17-10-4-3-8-15(17)14-16-9-7-13-20(23)21(16)22/h3-14H,1-2H3. The van der Waals surface area contributed by atoms with Crippen LogP contribution < -0.4 is 0 Å². The molecule has 0 spiro atoms. The smallest absolute Gasteiger partial charge is 0.0159 e. The van der Waals surface area contributed by atoms with Crippen molar-refractivity contribution >= 4 is 21.5 Å². The molecule has 0 amide bonds. The van der Waals surface area contributed by atoms with Gasteiger partial charge in [0.2, 0.25) is 0 Å². The van der Waals surface area contributed by atoms with Crippen molar-refractivity contribution in [3.63, 3.8) is 0 Å². The fraction of sp³-hybridized carbons (Fsp3) is 0.130. The second-order valence-corrected chi connectivity index (χ2v) is 7.05. The van der Waals surface area contributed by atoms with Crippen molar-refractivity contribution < 1.29 is 0 Å². The summed E-state index contributed by atoms with van der Waals surface area (Å²) in [4.78, 5) is 0. The number of hydrogen-bond donors (Lipinski definition) is 0. The van der Waals surface area contributed by atoms with E-state index in [4.69, 9.17) is 0 Å². The first-order valence-electron chi connectivity index (χ1n) is 8.23. The molecule has 1 aliphatic rings. The van der Waals surface area contributed by atoms with Crippen LogP contribution in [0.5, 0.6) is 0 Å². The van der Waals surface area contributed by atoms with Crippen molar-refractivity contribution in [2.24, 2.45) is 0 Å². The molecule has 0 N–H and O–H groups in total. The molecule has 0 saturated heterocycles. The molecule has 1 aliphatic carbocycles. The molecule has 0 aliphatic heterocycles. The van der Waals surface area contributed by atoms with E-state index in [-0.39, 0.29) is 5.41 Å². The SMILES string of the molecule is CC1(C)c2ccccc2-c2c3ccccc3cc3cccc1c23. The molecule has 0 radical (unpaired) electrons. The summed E-state index contributed by atoms with van der Waals surface area (Å²) in [7, 11) is 0. The molecular formula is C23H18. The zero-order valence-corrected chi connectivity index (χ0v) is 13.4. The van der Waals surface area contributed by atoms with E-state index in [9.17, 15) is 0 Å². The van der Waals surface area contributed by atoms with Gasteiger partial charge in [-0.1, -0.05) is 80.6 Å². The predicted octanol–water partition coefficient (Wildman–Crippen LogP) is 6.30. The lowest BCUT2D eigenvalue weighted by atomic mass is 9.68. The van der Waals surface area contributed by atoms with Crippen LogP contribution >= 0.6 is 0 Å². The average Bonchev–Trinajstić information content (AvgIpc) is 2.58. The van der Waals surface area contributed by atoms with Crippen molar-refractivity contribution in [1.82, 2.24) is 0 Å². The first kappa shape index (κ1) is 12.9. The Morgan fingerprint density at radius 1 is 0.652 bits per heavy atom. The van der Waals surface area contributed by atoms with Crippen LogP contribution in [-0.4, -0.2) is 0 Å². The molecule has 110 valence electrons. The topological polar surface area (TPSA) is 0 Å².